The summed E-state index contributed by atoms with van der Waals surface area (Å²) in [5, 5.41) is 21.4. The number of carbonyl (C=O) groups excluding carboxylic acids is 1. The predicted octanol–water partition coefficient (Wildman–Crippen LogP) is 1.67. The second kappa shape index (κ2) is 7.93. The molecule has 1 saturated heterocycles. The van der Waals surface area contributed by atoms with E-state index in [4.69, 9.17) is 4.74 Å². The van der Waals surface area contributed by atoms with Crippen LogP contribution in [0.25, 0.3) is 0 Å². The maximum Gasteiger partial charge on any atom is 0.308 e. The molecule has 1 aliphatic heterocycles. The molecule has 6 heteroatoms. The topological polar surface area (TPSA) is 99.4 Å². The molecular weight excluding hydrogens is 308 g/mol. The van der Waals surface area contributed by atoms with Crippen LogP contribution in [0.15, 0.2) is 24.3 Å². The molecule has 1 heterocycles. The number of aliphatic carboxylic acids is 1. The van der Waals surface area contributed by atoms with Crippen molar-refractivity contribution in [3.63, 3.8) is 0 Å². The predicted molar refractivity (Wildman–Crippen MR) is 87.1 cm³/mol. The quantitative estimate of drug-likeness (QED) is 0.826. The molecule has 0 bridgehead atoms. The van der Waals surface area contributed by atoms with Crippen LogP contribution in [0.1, 0.15) is 24.0 Å². The Kier molecular flexibility index (Phi) is 5.93. The summed E-state index contributed by atoms with van der Waals surface area (Å²) in [5.74, 6) is -2.09. The van der Waals surface area contributed by atoms with E-state index in [-0.39, 0.29) is 6.54 Å². The van der Waals surface area contributed by atoms with E-state index in [1.165, 1.54) is 0 Å². The summed E-state index contributed by atoms with van der Waals surface area (Å²) in [6.07, 6.45) is 1.01. The first-order valence-corrected chi connectivity index (χ1v) is 8.02. The van der Waals surface area contributed by atoms with E-state index in [1.54, 1.807) is 0 Å². The van der Waals surface area contributed by atoms with Crippen molar-refractivity contribution in [3.05, 3.63) is 35.4 Å². The number of benzene rings is 1. The zero-order valence-corrected chi connectivity index (χ0v) is 13.7. The standard InChI is InChI=1S/C18H22N2O4/c1-13-3-2-4-14(9-13)10-15(16(21)22)11-20-17(23)18(12-19)5-7-24-8-6-18/h2-4,9,15H,5-8,10-11H2,1H3,(H,20,23)(H,21,22)/t15-/m1/s1. The third kappa shape index (κ3) is 4.33. The van der Waals surface area contributed by atoms with Crippen molar-refractivity contribution in [2.24, 2.45) is 11.3 Å². The van der Waals surface area contributed by atoms with Crippen molar-refractivity contribution in [2.45, 2.75) is 26.2 Å². The minimum Gasteiger partial charge on any atom is -0.481 e. The van der Waals surface area contributed by atoms with Crippen LogP contribution in [-0.4, -0.2) is 36.7 Å². The van der Waals surface area contributed by atoms with Gasteiger partial charge in [0.05, 0.1) is 12.0 Å². The number of carbonyl (C=O) groups is 2. The van der Waals surface area contributed by atoms with E-state index < -0.39 is 23.2 Å². The maximum absolute atomic E-state index is 12.4. The van der Waals surface area contributed by atoms with Crippen LogP contribution >= 0.6 is 0 Å². The zero-order valence-electron chi connectivity index (χ0n) is 13.7. The minimum atomic E-state index is -1.11. The molecule has 24 heavy (non-hydrogen) atoms. The molecule has 1 aliphatic rings. The van der Waals surface area contributed by atoms with Gasteiger partial charge in [0, 0.05) is 19.8 Å². The highest BCUT2D eigenvalue weighted by Gasteiger charge is 2.40. The van der Waals surface area contributed by atoms with E-state index >= 15 is 0 Å². The number of ether oxygens (including phenoxy) is 1. The summed E-state index contributed by atoms with van der Waals surface area (Å²) in [4.78, 5) is 23.9. The Morgan fingerprint density at radius 3 is 2.71 bits per heavy atom. The van der Waals surface area contributed by atoms with Crippen LogP contribution in [0.4, 0.5) is 0 Å². The number of carboxylic acids is 1. The van der Waals surface area contributed by atoms with Crippen molar-refractivity contribution in [1.82, 2.24) is 5.32 Å². The monoisotopic (exact) mass is 330 g/mol. The number of nitrogens with zero attached hydrogens (tertiary/aromatic N) is 1. The Bertz CT molecular complexity index is 645. The van der Waals surface area contributed by atoms with E-state index in [0.29, 0.717) is 32.5 Å². The molecule has 1 aromatic rings. The van der Waals surface area contributed by atoms with Gasteiger partial charge in [-0.05, 0) is 31.7 Å². The highest BCUT2D eigenvalue weighted by Crippen LogP contribution is 2.29. The number of aryl methyl sites for hydroxylation is 1. The Morgan fingerprint density at radius 2 is 2.12 bits per heavy atom. The number of nitriles is 1. The number of nitrogens with one attached hydrogen (secondary N) is 1. The molecule has 0 unspecified atom stereocenters. The van der Waals surface area contributed by atoms with Gasteiger partial charge in [-0.3, -0.25) is 9.59 Å². The summed E-state index contributed by atoms with van der Waals surface area (Å²) < 4.78 is 5.21. The Balaban J connectivity index is 1.99. The van der Waals surface area contributed by atoms with E-state index in [9.17, 15) is 20.0 Å². The summed E-state index contributed by atoms with van der Waals surface area (Å²) in [6, 6.07) is 9.73. The average molecular weight is 330 g/mol. The Labute approximate surface area is 141 Å². The van der Waals surface area contributed by atoms with Crippen LogP contribution in [0, 0.1) is 29.6 Å². The van der Waals surface area contributed by atoms with E-state index in [2.05, 4.69) is 11.4 Å². The van der Waals surface area contributed by atoms with Gasteiger partial charge >= 0.3 is 5.97 Å². The molecule has 1 fully saturated rings. The van der Waals surface area contributed by atoms with Crippen LogP contribution in [0.3, 0.4) is 0 Å². The van der Waals surface area contributed by atoms with Gasteiger partial charge in [0.25, 0.3) is 0 Å². The van der Waals surface area contributed by atoms with Crippen molar-refractivity contribution in [3.8, 4) is 6.07 Å². The highest BCUT2D eigenvalue weighted by atomic mass is 16.5. The largest absolute Gasteiger partial charge is 0.481 e. The molecule has 0 radical (unpaired) electrons. The van der Waals surface area contributed by atoms with Gasteiger partial charge in [-0.15, -0.1) is 0 Å². The van der Waals surface area contributed by atoms with Gasteiger partial charge in [0.15, 0.2) is 0 Å². The molecule has 1 atom stereocenters. The van der Waals surface area contributed by atoms with Gasteiger partial charge in [-0.25, -0.2) is 0 Å². The number of hydrogen-bond acceptors (Lipinski definition) is 4. The zero-order chi connectivity index (χ0) is 17.6. The van der Waals surface area contributed by atoms with Crippen LogP contribution in [0.5, 0.6) is 0 Å². The molecular formula is C18H22N2O4. The number of rotatable bonds is 6. The molecule has 2 rings (SSSR count). The second-order valence-electron chi connectivity index (χ2n) is 6.24. The number of hydrogen-bond donors (Lipinski definition) is 2. The summed E-state index contributed by atoms with van der Waals surface area (Å²) >= 11 is 0. The fourth-order valence-corrected chi connectivity index (χ4v) is 2.87. The van der Waals surface area contributed by atoms with Crippen LogP contribution in [0.2, 0.25) is 0 Å². The first kappa shape index (κ1) is 18.0. The normalized spacial score (nSPS) is 17.5. The molecule has 0 aromatic heterocycles. The van der Waals surface area contributed by atoms with Gasteiger partial charge in [0.2, 0.25) is 5.91 Å². The summed E-state index contributed by atoms with van der Waals surface area (Å²) in [5.41, 5.74) is 0.869. The molecule has 1 amide bonds. The van der Waals surface area contributed by atoms with Crippen molar-refractivity contribution < 1.29 is 19.4 Å². The molecule has 0 aliphatic carbocycles. The molecule has 6 nitrogen and oxygen atoms in total. The fraction of sp³-hybridized carbons (Fsp3) is 0.500. The second-order valence-corrected chi connectivity index (χ2v) is 6.24. The van der Waals surface area contributed by atoms with Crippen molar-refractivity contribution in [2.75, 3.05) is 19.8 Å². The molecule has 0 saturated carbocycles. The summed E-state index contributed by atoms with van der Waals surface area (Å²) in [6.45, 7) is 2.69. The SMILES string of the molecule is Cc1cccc(C[C@H](CNC(=O)C2(C#N)CCOCC2)C(=O)O)c1. The molecule has 128 valence electrons. The van der Waals surface area contributed by atoms with Gasteiger partial charge < -0.3 is 15.2 Å². The lowest BCUT2D eigenvalue weighted by Gasteiger charge is -2.29. The lowest BCUT2D eigenvalue weighted by molar-refractivity contribution is -0.142. The number of amides is 1. The maximum atomic E-state index is 12.4. The van der Waals surface area contributed by atoms with Gasteiger partial charge in [-0.1, -0.05) is 29.8 Å². The highest BCUT2D eigenvalue weighted by molar-refractivity contribution is 5.86. The average Bonchev–Trinajstić information content (AvgIpc) is 2.58. The van der Waals surface area contributed by atoms with Crippen LogP contribution in [-0.2, 0) is 20.7 Å². The van der Waals surface area contributed by atoms with Crippen molar-refractivity contribution in [1.29, 1.82) is 5.26 Å². The van der Waals surface area contributed by atoms with E-state index in [1.807, 2.05) is 31.2 Å². The van der Waals surface area contributed by atoms with Gasteiger partial charge in [-0.2, -0.15) is 5.26 Å². The lowest BCUT2D eigenvalue weighted by atomic mass is 9.80. The first-order chi connectivity index (χ1) is 11.5. The smallest absolute Gasteiger partial charge is 0.308 e. The third-order valence-electron chi connectivity index (χ3n) is 4.42. The lowest BCUT2D eigenvalue weighted by Crippen LogP contribution is -2.46. The minimum absolute atomic E-state index is 0.00634. The Morgan fingerprint density at radius 1 is 1.42 bits per heavy atom. The molecule has 0 spiro atoms. The summed E-state index contributed by atoms with van der Waals surface area (Å²) in [7, 11) is 0. The van der Waals surface area contributed by atoms with Gasteiger partial charge in [0.1, 0.15) is 5.41 Å². The molecule has 2 N–H and O–H groups in total. The first-order valence-electron chi connectivity index (χ1n) is 8.02. The van der Waals surface area contributed by atoms with Crippen molar-refractivity contribution >= 4 is 11.9 Å². The molecule has 1 aromatic carbocycles. The number of carboxylic acid groups (broad SMARTS) is 1. The fourth-order valence-electron chi connectivity index (χ4n) is 2.87. The third-order valence-corrected chi connectivity index (χ3v) is 4.42. The van der Waals surface area contributed by atoms with Crippen LogP contribution < -0.4 is 5.32 Å². The Hall–Kier alpha value is -2.39. The van der Waals surface area contributed by atoms with E-state index in [0.717, 1.165) is 11.1 Å².